The predicted molar refractivity (Wildman–Crippen MR) is 129 cm³/mol. The van der Waals surface area contributed by atoms with Gasteiger partial charge >= 0.3 is 0 Å². The third kappa shape index (κ3) is 4.41. The number of hydrogen-bond acceptors (Lipinski definition) is 5. The predicted octanol–water partition coefficient (Wildman–Crippen LogP) is 5.64. The molecular weight excluding hydrogens is 420 g/mol. The number of aryl methyl sites for hydroxylation is 1. The molecule has 162 valence electrons. The standard InChI is InChI=1S/C26H24N2O3S/c1-3-18-10-8-9-13-22(18)27-23-24(32-21-11-6-5-7-12-21)26(30)28(25(23)29)19-14-16-20(17-15-19)31-4-2/h5-17,27H,3-4H2,1-2H3. The first-order valence-corrected chi connectivity index (χ1v) is 11.4. The fourth-order valence-corrected chi connectivity index (χ4v) is 4.45. The van der Waals surface area contributed by atoms with Gasteiger partial charge < -0.3 is 10.1 Å². The highest BCUT2D eigenvalue weighted by Gasteiger charge is 2.40. The zero-order valence-electron chi connectivity index (χ0n) is 18.0. The highest BCUT2D eigenvalue weighted by atomic mass is 32.2. The largest absolute Gasteiger partial charge is 0.494 e. The van der Waals surface area contributed by atoms with Crippen molar-refractivity contribution in [2.45, 2.75) is 25.2 Å². The number of benzene rings is 3. The van der Waals surface area contributed by atoms with Gasteiger partial charge in [-0.05, 0) is 61.4 Å². The van der Waals surface area contributed by atoms with E-state index in [0.717, 1.165) is 22.6 Å². The molecule has 3 aromatic carbocycles. The average Bonchev–Trinajstić information content (AvgIpc) is 3.05. The Morgan fingerprint density at radius 1 is 0.844 bits per heavy atom. The van der Waals surface area contributed by atoms with Gasteiger partial charge in [0, 0.05) is 10.6 Å². The number of hydrogen-bond donors (Lipinski definition) is 1. The number of anilines is 2. The van der Waals surface area contributed by atoms with Crippen LogP contribution in [0.5, 0.6) is 5.75 Å². The molecule has 0 aromatic heterocycles. The number of amides is 2. The molecule has 5 nitrogen and oxygen atoms in total. The van der Waals surface area contributed by atoms with Crippen LogP contribution < -0.4 is 15.0 Å². The van der Waals surface area contributed by atoms with Crippen LogP contribution in [0.25, 0.3) is 0 Å². The van der Waals surface area contributed by atoms with Crippen molar-refractivity contribution in [2.24, 2.45) is 0 Å². The smallest absolute Gasteiger partial charge is 0.283 e. The van der Waals surface area contributed by atoms with Gasteiger partial charge in [0.15, 0.2) is 0 Å². The van der Waals surface area contributed by atoms with E-state index in [2.05, 4.69) is 12.2 Å². The third-order valence-electron chi connectivity index (χ3n) is 5.07. The zero-order valence-corrected chi connectivity index (χ0v) is 18.8. The second-order valence-electron chi connectivity index (χ2n) is 7.13. The van der Waals surface area contributed by atoms with Gasteiger partial charge in [0.05, 0.1) is 12.3 Å². The molecule has 0 unspecified atom stereocenters. The summed E-state index contributed by atoms with van der Waals surface area (Å²) in [5.74, 6) is -0.0228. The number of carbonyl (C=O) groups is 2. The van der Waals surface area contributed by atoms with E-state index >= 15 is 0 Å². The summed E-state index contributed by atoms with van der Waals surface area (Å²) < 4.78 is 5.49. The second kappa shape index (κ2) is 9.75. The fraction of sp³-hybridized carbons (Fsp3) is 0.154. The second-order valence-corrected chi connectivity index (χ2v) is 8.21. The molecule has 2 amide bonds. The molecule has 0 fully saturated rings. The van der Waals surface area contributed by atoms with E-state index in [1.165, 1.54) is 16.7 Å². The van der Waals surface area contributed by atoms with Crippen molar-refractivity contribution < 1.29 is 14.3 Å². The highest BCUT2D eigenvalue weighted by Crippen LogP contribution is 2.38. The van der Waals surface area contributed by atoms with Gasteiger partial charge in [0.1, 0.15) is 16.4 Å². The normalized spacial score (nSPS) is 13.6. The minimum absolute atomic E-state index is 0.290. The first kappa shape index (κ1) is 21.7. The van der Waals surface area contributed by atoms with E-state index in [0.29, 0.717) is 28.6 Å². The summed E-state index contributed by atoms with van der Waals surface area (Å²) in [7, 11) is 0. The number of nitrogens with zero attached hydrogens (tertiary/aromatic N) is 1. The molecule has 0 bridgehead atoms. The quantitative estimate of drug-likeness (QED) is 0.456. The van der Waals surface area contributed by atoms with Crippen molar-refractivity contribution in [3.63, 3.8) is 0 Å². The maximum Gasteiger partial charge on any atom is 0.283 e. The Morgan fingerprint density at radius 3 is 2.22 bits per heavy atom. The van der Waals surface area contributed by atoms with E-state index < -0.39 is 0 Å². The summed E-state index contributed by atoms with van der Waals surface area (Å²) in [5.41, 5.74) is 2.70. The molecule has 0 saturated carbocycles. The molecule has 6 heteroatoms. The third-order valence-corrected chi connectivity index (χ3v) is 6.16. The molecule has 1 aliphatic heterocycles. The molecule has 4 rings (SSSR count). The number of carbonyl (C=O) groups excluding carboxylic acids is 2. The monoisotopic (exact) mass is 444 g/mol. The van der Waals surface area contributed by atoms with Crippen molar-refractivity contribution in [1.82, 2.24) is 0 Å². The van der Waals surface area contributed by atoms with Crippen LogP contribution >= 0.6 is 11.8 Å². The zero-order chi connectivity index (χ0) is 22.5. The van der Waals surface area contributed by atoms with Gasteiger partial charge in [0.25, 0.3) is 11.8 Å². The summed E-state index contributed by atoms with van der Waals surface area (Å²) in [6.45, 7) is 4.51. The summed E-state index contributed by atoms with van der Waals surface area (Å²) in [4.78, 5) is 29.4. The summed E-state index contributed by atoms with van der Waals surface area (Å²) in [6, 6.07) is 24.4. The van der Waals surface area contributed by atoms with Gasteiger partial charge in [-0.1, -0.05) is 55.1 Å². The Balaban J connectivity index is 1.72. The molecule has 0 saturated heterocycles. The first-order chi connectivity index (χ1) is 15.6. The highest BCUT2D eigenvalue weighted by molar-refractivity contribution is 8.04. The molecular formula is C26H24N2O3S. The van der Waals surface area contributed by atoms with E-state index in [4.69, 9.17) is 4.74 Å². The van der Waals surface area contributed by atoms with Gasteiger partial charge in [-0.3, -0.25) is 9.59 Å². The Labute approximate surface area is 192 Å². The van der Waals surface area contributed by atoms with E-state index in [9.17, 15) is 9.59 Å². The molecule has 0 radical (unpaired) electrons. The lowest BCUT2D eigenvalue weighted by atomic mass is 10.1. The van der Waals surface area contributed by atoms with Crippen LogP contribution in [0.1, 0.15) is 19.4 Å². The maximum atomic E-state index is 13.5. The van der Waals surface area contributed by atoms with Crippen molar-refractivity contribution >= 4 is 35.0 Å². The van der Waals surface area contributed by atoms with Gasteiger partial charge in [-0.25, -0.2) is 4.90 Å². The summed E-state index contributed by atoms with van der Waals surface area (Å²) >= 11 is 1.29. The van der Waals surface area contributed by atoms with Crippen LogP contribution in [0.4, 0.5) is 11.4 Å². The van der Waals surface area contributed by atoms with Crippen molar-refractivity contribution in [3.8, 4) is 5.75 Å². The Kier molecular flexibility index (Phi) is 6.61. The molecule has 1 heterocycles. The van der Waals surface area contributed by atoms with Crippen LogP contribution in [0.15, 0.2) is 94.4 Å². The number of ether oxygens (including phenoxy) is 1. The minimum atomic E-state index is -0.372. The summed E-state index contributed by atoms with van der Waals surface area (Å²) in [5, 5.41) is 3.26. The Bertz CT molecular complexity index is 1160. The number of nitrogens with one attached hydrogen (secondary N) is 1. The minimum Gasteiger partial charge on any atom is -0.494 e. The molecule has 3 aromatic rings. The molecule has 0 spiro atoms. The van der Waals surface area contributed by atoms with E-state index in [1.807, 2.05) is 61.5 Å². The van der Waals surface area contributed by atoms with Crippen molar-refractivity contribution in [3.05, 3.63) is 95.0 Å². The van der Waals surface area contributed by atoms with Gasteiger partial charge in [-0.2, -0.15) is 0 Å². The maximum absolute atomic E-state index is 13.5. The van der Waals surface area contributed by atoms with E-state index in [1.54, 1.807) is 24.3 Å². The van der Waals surface area contributed by atoms with Crippen LogP contribution in [0, 0.1) is 0 Å². The van der Waals surface area contributed by atoms with Crippen LogP contribution in [-0.2, 0) is 16.0 Å². The van der Waals surface area contributed by atoms with Crippen LogP contribution in [-0.4, -0.2) is 18.4 Å². The lowest BCUT2D eigenvalue weighted by Crippen LogP contribution is -2.32. The van der Waals surface area contributed by atoms with Crippen LogP contribution in [0.3, 0.4) is 0 Å². The van der Waals surface area contributed by atoms with E-state index in [-0.39, 0.29) is 11.8 Å². The van der Waals surface area contributed by atoms with Crippen LogP contribution in [0.2, 0.25) is 0 Å². The van der Waals surface area contributed by atoms with Crippen molar-refractivity contribution in [2.75, 3.05) is 16.8 Å². The molecule has 0 aliphatic carbocycles. The summed E-state index contributed by atoms with van der Waals surface area (Å²) in [6.07, 6.45) is 0.808. The van der Waals surface area contributed by atoms with Gasteiger partial charge in [-0.15, -0.1) is 0 Å². The SMILES string of the molecule is CCOc1ccc(N2C(=O)C(Nc3ccccc3CC)=C(Sc3ccccc3)C2=O)cc1. The molecule has 1 aliphatic rings. The van der Waals surface area contributed by atoms with Crippen molar-refractivity contribution in [1.29, 1.82) is 0 Å². The molecule has 0 atom stereocenters. The fourth-order valence-electron chi connectivity index (χ4n) is 3.50. The number of imide groups is 1. The lowest BCUT2D eigenvalue weighted by Gasteiger charge is -2.16. The topological polar surface area (TPSA) is 58.6 Å². The first-order valence-electron chi connectivity index (χ1n) is 10.6. The molecule has 1 N–H and O–H groups in total. The average molecular weight is 445 g/mol. The Morgan fingerprint density at radius 2 is 1.53 bits per heavy atom. The number of thioether (sulfide) groups is 1. The Hall–Kier alpha value is -3.51. The number of rotatable bonds is 8. The lowest BCUT2D eigenvalue weighted by molar-refractivity contribution is -0.120. The number of para-hydroxylation sites is 1. The van der Waals surface area contributed by atoms with Gasteiger partial charge in [0.2, 0.25) is 0 Å². The molecule has 32 heavy (non-hydrogen) atoms.